The van der Waals surface area contributed by atoms with E-state index < -0.39 is 63.1 Å². The minimum atomic E-state index is -4.75. The van der Waals surface area contributed by atoms with Gasteiger partial charge in [0.25, 0.3) is 11.8 Å². The van der Waals surface area contributed by atoms with Gasteiger partial charge < -0.3 is 53.6 Å². The predicted molar refractivity (Wildman–Crippen MR) is 434 cm³/mol. The molecule has 0 fully saturated rings. The number of sulfonamides is 2. The summed E-state index contributed by atoms with van der Waals surface area (Å²) < 4.78 is 146. The second kappa shape index (κ2) is 42.5. The number of carbonyl (C=O) groups is 4. The van der Waals surface area contributed by atoms with E-state index >= 15 is 0 Å². The number of nitrogens with one attached hydrogen (secondary N) is 3. The monoisotopic (exact) mass is 1640 g/mol. The van der Waals surface area contributed by atoms with E-state index in [4.69, 9.17) is 34.0 Å². The number of hydrogen-bond donors (Lipinski definition) is 5. The molecule has 0 saturated heterocycles. The zero-order valence-electron chi connectivity index (χ0n) is 66.4. The van der Waals surface area contributed by atoms with Crippen molar-refractivity contribution in [3.8, 4) is 0 Å². The Bertz CT molecular complexity index is 4740. The first-order chi connectivity index (χ1) is 53.3. The van der Waals surface area contributed by atoms with E-state index in [1.54, 1.807) is 26.8 Å². The number of ketones is 1. The van der Waals surface area contributed by atoms with E-state index in [-0.39, 0.29) is 63.8 Å². The molecule has 1 aliphatic carbocycles. The van der Waals surface area contributed by atoms with Crippen LogP contribution in [0.5, 0.6) is 0 Å². The number of unbranched alkanes of at least 4 members (excludes halogenated alkanes) is 4. The summed E-state index contributed by atoms with van der Waals surface area (Å²) in [6.45, 7) is 23.2. The van der Waals surface area contributed by atoms with Crippen molar-refractivity contribution < 1.29 is 90.2 Å². The molecule has 0 saturated carbocycles. The summed E-state index contributed by atoms with van der Waals surface area (Å²) in [4.78, 5) is 50.6. The molecule has 3 amide bonds. The molecule has 3 aliphatic rings. The van der Waals surface area contributed by atoms with Crippen LogP contribution in [0.4, 0.5) is 16.2 Å². The quantitative estimate of drug-likeness (QED) is 0.0138. The topological polar surface area (TPSA) is 391 Å². The van der Waals surface area contributed by atoms with E-state index in [0.29, 0.717) is 102 Å². The second-order valence-electron chi connectivity index (χ2n) is 30.2. The van der Waals surface area contributed by atoms with Gasteiger partial charge in [0.2, 0.25) is 25.7 Å². The Morgan fingerprint density at radius 1 is 0.584 bits per heavy atom. The molecular weight excluding hydrogens is 1530 g/mol. The van der Waals surface area contributed by atoms with Gasteiger partial charge in [0.15, 0.2) is 5.71 Å². The van der Waals surface area contributed by atoms with Crippen molar-refractivity contribution in [2.24, 2.45) is 10.3 Å². The number of primary sulfonamides is 2. The Morgan fingerprint density at radius 2 is 1.14 bits per heavy atom. The highest BCUT2D eigenvalue weighted by atomic mass is 32.2. The molecule has 0 unspecified atom stereocenters. The molecule has 0 atom stereocenters. The van der Waals surface area contributed by atoms with Crippen molar-refractivity contribution in [3.05, 3.63) is 189 Å². The van der Waals surface area contributed by atoms with Crippen LogP contribution in [0.15, 0.2) is 165 Å². The van der Waals surface area contributed by atoms with Crippen molar-refractivity contribution in [2.75, 3.05) is 96.2 Å². The number of alkyl carbamates (subject to hydrolysis) is 1. The van der Waals surface area contributed by atoms with Crippen molar-refractivity contribution in [1.29, 1.82) is 0 Å². The molecule has 30 heteroatoms. The van der Waals surface area contributed by atoms with Crippen LogP contribution in [0.1, 0.15) is 187 Å². The summed E-state index contributed by atoms with van der Waals surface area (Å²) in [6.07, 6.45) is 18.9. The van der Waals surface area contributed by atoms with Crippen LogP contribution in [0.2, 0.25) is 0 Å². The molecule has 8 rings (SSSR count). The smallest absolute Gasteiger partial charge is 0.407 e. The number of Topliss-reactive ketones (excluding diaryl/α,β-unsaturated/α-hetero) is 1. The van der Waals surface area contributed by atoms with Crippen LogP contribution >= 0.6 is 0 Å². The second-order valence-corrected chi connectivity index (χ2v) is 36.2. The van der Waals surface area contributed by atoms with Gasteiger partial charge in [0.05, 0.1) is 76.5 Å². The minimum Gasteiger partial charge on any atom is -0.748 e. The molecule has 5 aromatic carbocycles. The third kappa shape index (κ3) is 29.0. The van der Waals surface area contributed by atoms with Gasteiger partial charge in [-0.2, -0.15) is 4.58 Å². The van der Waals surface area contributed by atoms with Crippen molar-refractivity contribution >= 4 is 86.6 Å². The largest absolute Gasteiger partial charge is 0.748 e. The van der Waals surface area contributed by atoms with Gasteiger partial charge in [-0.05, 0) is 206 Å². The third-order valence-corrected chi connectivity index (χ3v) is 22.9. The molecule has 113 heavy (non-hydrogen) atoms. The van der Waals surface area contributed by atoms with Crippen molar-refractivity contribution in [3.63, 3.8) is 0 Å². The number of fused-ring (bicyclic) bond motifs is 2. The molecule has 618 valence electrons. The molecule has 2 aliphatic heterocycles. The van der Waals surface area contributed by atoms with Crippen LogP contribution < -0.4 is 31.1 Å². The Balaban J connectivity index is 0.000000513. The Hall–Kier alpha value is -8.11. The lowest BCUT2D eigenvalue weighted by Gasteiger charge is -2.28. The van der Waals surface area contributed by atoms with Crippen LogP contribution in [-0.2, 0) is 86.0 Å². The maximum atomic E-state index is 12.8. The van der Waals surface area contributed by atoms with Gasteiger partial charge in [-0.15, -0.1) is 0 Å². The van der Waals surface area contributed by atoms with Gasteiger partial charge >= 0.3 is 6.09 Å². The van der Waals surface area contributed by atoms with Crippen molar-refractivity contribution in [2.45, 2.75) is 183 Å². The number of carbonyl (C=O) groups excluding carboxylic acids is 4. The SMILES string of the molecule is CC(C)(C)OC(=O)NCCOCCOCCNC(=O)c1ccc(S(N)(=O)=O)cc1.CCCCCN1/C(=C/C=C2\CCCC(/C=C/C3=[N+](CCCCS(=O)(=O)[O-])c4ccc(S(=O)(=O)[O-])cc4C3(C)C)=C2c2ccc(CCCCC(=O)CCCOCCOCCNC(=O)c3ccc(S(N)(=O)=O)cc3)cc2)C(C)(C)c2cc(C)ccc21. The molecule has 26 nitrogen and oxygen atoms in total. The number of amides is 3. The standard InChI is InChI=1S/C65H84N4O12S3.C18H29N3O7S/c1-7-8-11-38-68-58-33-21-47(2)45-56(58)64(3,4)60(68)35-28-49-17-14-18-50(29-36-61-65(5,6)57-46-55(84(77,78)79)32-34-59(57)69(61)39-12-13-44-82(72,73)74)62(49)51-24-22-48(23-25-51)16-9-10-19-53(70)20-15-40-80-42-43-81-41-37-67-63(71)52-26-30-54(31-27-52)83(66,75)76;1-18(2,3)28-17(23)21-9-11-27-13-12-26-10-8-20-16(22)14-4-6-15(7-5-14)29(19,24)25/h21-36,45-46H,7-20,37-44H2,1-6H3,(H4-,66,67,71,72,73,74,75,76,77,78,79);4-7H,8-13H2,1-3H3,(H,20,22)(H,21,23)(H2,19,24,25)/p-1. The highest BCUT2D eigenvalue weighted by molar-refractivity contribution is 7.89. The van der Waals surface area contributed by atoms with E-state index in [0.717, 1.165) is 92.4 Å². The first-order valence-electron chi connectivity index (χ1n) is 38.4. The molecule has 5 aromatic rings. The number of nitrogens with zero attached hydrogens (tertiary/aromatic N) is 2. The number of anilines is 1. The molecule has 2 heterocycles. The highest BCUT2D eigenvalue weighted by Crippen LogP contribution is 2.49. The number of allylic oxidation sites excluding steroid dienone is 8. The summed E-state index contributed by atoms with van der Waals surface area (Å²) in [7, 11) is -16.8. The fourth-order valence-corrected chi connectivity index (χ4v) is 15.7. The summed E-state index contributed by atoms with van der Waals surface area (Å²) in [5.41, 5.74) is 12.2. The average molecular weight is 1640 g/mol. The number of benzene rings is 5. The molecular formula is C83H112N7O19S4-. The van der Waals surface area contributed by atoms with Crippen LogP contribution in [0.3, 0.4) is 0 Å². The van der Waals surface area contributed by atoms with Gasteiger partial charge in [0, 0.05) is 103 Å². The Kier molecular flexibility index (Phi) is 34.6. The first kappa shape index (κ1) is 92.1. The van der Waals surface area contributed by atoms with Crippen molar-refractivity contribution in [1.82, 2.24) is 16.0 Å². The number of aryl methyl sites for hydroxylation is 2. The molecule has 0 spiro atoms. The fourth-order valence-electron chi connectivity index (χ4n) is 13.6. The molecule has 0 aromatic heterocycles. The van der Waals surface area contributed by atoms with Crippen LogP contribution in [-0.4, -0.2) is 174 Å². The number of hydrogen-bond acceptors (Lipinski definition) is 20. The molecule has 0 radical (unpaired) electrons. The van der Waals surface area contributed by atoms with Crippen LogP contribution in [0, 0.1) is 6.92 Å². The summed E-state index contributed by atoms with van der Waals surface area (Å²) in [5.74, 6) is -1.00. The van der Waals surface area contributed by atoms with Crippen LogP contribution in [0.25, 0.3) is 5.57 Å². The average Bonchev–Trinajstić information content (AvgIpc) is 1.59. The zero-order chi connectivity index (χ0) is 82.8. The lowest BCUT2D eigenvalue weighted by atomic mass is 9.79. The lowest BCUT2D eigenvalue weighted by Crippen LogP contribution is -2.34. The maximum absolute atomic E-state index is 12.8. The van der Waals surface area contributed by atoms with E-state index in [9.17, 15) is 62.0 Å². The van der Waals surface area contributed by atoms with E-state index in [2.05, 4.69) is 120 Å². The van der Waals surface area contributed by atoms with Gasteiger partial charge in [-0.1, -0.05) is 87.7 Å². The number of rotatable bonds is 42. The summed E-state index contributed by atoms with van der Waals surface area (Å²) in [6, 6.07) is 30.6. The summed E-state index contributed by atoms with van der Waals surface area (Å²) >= 11 is 0. The fraction of sp³-hybridized carbons (Fsp3) is 0.482. The van der Waals surface area contributed by atoms with E-state index in [1.807, 2.05) is 13.8 Å². The zero-order valence-corrected chi connectivity index (χ0v) is 69.7. The summed E-state index contributed by atoms with van der Waals surface area (Å²) in [5, 5.41) is 18.1. The maximum Gasteiger partial charge on any atom is 0.407 e. The van der Waals surface area contributed by atoms with Gasteiger partial charge in [-0.25, -0.2) is 48.7 Å². The van der Waals surface area contributed by atoms with E-state index in [1.165, 1.54) is 94.3 Å². The highest BCUT2D eigenvalue weighted by Gasteiger charge is 2.45. The van der Waals surface area contributed by atoms with Gasteiger partial charge in [0.1, 0.15) is 28.0 Å². The Morgan fingerprint density at radius 3 is 1.69 bits per heavy atom. The van der Waals surface area contributed by atoms with Gasteiger partial charge in [-0.3, -0.25) is 14.4 Å². The minimum absolute atomic E-state index is 0.0568. The number of ether oxygens (including phenoxy) is 5. The Labute approximate surface area is 667 Å². The molecule has 0 bridgehead atoms. The normalized spacial score (nSPS) is 15.6. The third-order valence-electron chi connectivity index (χ3n) is 19.4. The first-order valence-corrected chi connectivity index (χ1v) is 44.5. The lowest BCUT2D eigenvalue weighted by molar-refractivity contribution is -0.438. The predicted octanol–water partition coefficient (Wildman–Crippen LogP) is 11.4. The number of nitrogens with two attached hydrogens (primary N) is 2. The molecule has 7 N–H and O–H groups in total.